The number of rotatable bonds is 4. The molecule has 0 aromatic carbocycles. The largest absolute Gasteiger partial charge is 0.395 e. The maximum atomic E-state index is 12.1. The summed E-state index contributed by atoms with van der Waals surface area (Å²) in [4.78, 5) is 16.2. The van der Waals surface area contributed by atoms with E-state index >= 15 is 0 Å². The van der Waals surface area contributed by atoms with E-state index in [0.29, 0.717) is 29.4 Å². The van der Waals surface area contributed by atoms with Crippen molar-refractivity contribution in [1.82, 2.24) is 29.9 Å². The average molecular weight is 263 g/mol. The summed E-state index contributed by atoms with van der Waals surface area (Å²) in [5.41, 5.74) is 7.32. The number of nitrogen functional groups attached to an aromatic ring is 1. The molecule has 19 heavy (non-hydrogen) atoms. The highest BCUT2D eigenvalue weighted by atomic mass is 16.2. The molecular weight excluding hydrogens is 246 g/mol. The molecule has 2 heterocycles. The number of aromatic nitrogens is 5. The molecule has 2 aromatic heterocycles. The predicted octanol–water partition coefficient (Wildman–Crippen LogP) is -0.148. The van der Waals surface area contributed by atoms with Crippen LogP contribution in [0.15, 0.2) is 6.33 Å². The van der Waals surface area contributed by atoms with Crippen LogP contribution in [-0.2, 0) is 20.1 Å². The van der Waals surface area contributed by atoms with E-state index in [0.717, 1.165) is 0 Å². The zero-order valence-electron chi connectivity index (χ0n) is 11.2. The predicted molar refractivity (Wildman–Crippen MR) is 69.2 cm³/mol. The minimum Gasteiger partial charge on any atom is -0.395 e. The SMILES string of the molecule is CCn1nc(C)c(N)c1C(=O)NCc1ncn(C)n1. The number of hydrogen-bond acceptors (Lipinski definition) is 5. The highest BCUT2D eigenvalue weighted by molar-refractivity contribution is 5.97. The molecule has 8 heteroatoms. The van der Waals surface area contributed by atoms with Crippen LogP contribution < -0.4 is 11.1 Å². The maximum Gasteiger partial charge on any atom is 0.272 e. The second-order valence-corrected chi connectivity index (χ2v) is 4.18. The standard InChI is InChI=1S/C11H17N7O/c1-4-18-10(9(12)7(2)15-18)11(19)13-5-8-14-6-17(3)16-8/h6H,4-5,12H2,1-3H3,(H,13,19). The van der Waals surface area contributed by atoms with E-state index in [4.69, 9.17) is 5.73 Å². The molecule has 0 aliphatic carbocycles. The van der Waals surface area contributed by atoms with E-state index in [1.165, 1.54) is 0 Å². The molecule has 0 aliphatic heterocycles. The molecule has 1 amide bonds. The lowest BCUT2D eigenvalue weighted by atomic mass is 10.3. The Balaban J connectivity index is 2.12. The van der Waals surface area contributed by atoms with Crippen molar-refractivity contribution in [2.45, 2.75) is 26.9 Å². The summed E-state index contributed by atoms with van der Waals surface area (Å²) in [6, 6.07) is 0. The van der Waals surface area contributed by atoms with Gasteiger partial charge in [-0.25, -0.2) is 4.98 Å². The molecule has 0 unspecified atom stereocenters. The lowest BCUT2D eigenvalue weighted by Crippen LogP contribution is -2.27. The van der Waals surface area contributed by atoms with Gasteiger partial charge in [-0.15, -0.1) is 0 Å². The Morgan fingerprint density at radius 1 is 1.47 bits per heavy atom. The number of hydrogen-bond donors (Lipinski definition) is 2. The van der Waals surface area contributed by atoms with Gasteiger partial charge in [0, 0.05) is 13.6 Å². The lowest BCUT2D eigenvalue weighted by Gasteiger charge is -2.06. The van der Waals surface area contributed by atoms with Crippen molar-refractivity contribution < 1.29 is 4.79 Å². The third-order valence-corrected chi connectivity index (χ3v) is 2.74. The zero-order valence-corrected chi connectivity index (χ0v) is 11.2. The highest BCUT2D eigenvalue weighted by Crippen LogP contribution is 2.16. The van der Waals surface area contributed by atoms with Gasteiger partial charge in [0.2, 0.25) is 0 Å². The summed E-state index contributed by atoms with van der Waals surface area (Å²) in [5.74, 6) is 0.279. The highest BCUT2D eigenvalue weighted by Gasteiger charge is 2.19. The number of nitrogens with one attached hydrogen (secondary N) is 1. The van der Waals surface area contributed by atoms with Crippen molar-refractivity contribution in [1.29, 1.82) is 0 Å². The number of amides is 1. The fraction of sp³-hybridized carbons (Fsp3) is 0.455. The summed E-state index contributed by atoms with van der Waals surface area (Å²) >= 11 is 0. The van der Waals surface area contributed by atoms with Crippen molar-refractivity contribution in [3.8, 4) is 0 Å². The molecule has 0 aliphatic rings. The number of carbonyl (C=O) groups is 1. The first-order valence-corrected chi connectivity index (χ1v) is 5.98. The first-order valence-electron chi connectivity index (χ1n) is 5.98. The van der Waals surface area contributed by atoms with Gasteiger partial charge in [0.25, 0.3) is 5.91 Å². The molecule has 3 N–H and O–H groups in total. The third kappa shape index (κ3) is 2.56. The number of nitrogens with zero attached hydrogens (tertiary/aromatic N) is 5. The molecule has 0 fully saturated rings. The Labute approximate surface area is 110 Å². The topological polar surface area (TPSA) is 104 Å². The number of anilines is 1. The Morgan fingerprint density at radius 2 is 2.21 bits per heavy atom. The van der Waals surface area contributed by atoms with E-state index in [9.17, 15) is 4.79 Å². The molecular formula is C11H17N7O. The van der Waals surface area contributed by atoms with Gasteiger partial charge in [0.1, 0.15) is 12.0 Å². The van der Waals surface area contributed by atoms with Crippen LogP contribution in [0.5, 0.6) is 0 Å². The van der Waals surface area contributed by atoms with Gasteiger partial charge in [0.15, 0.2) is 5.82 Å². The van der Waals surface area contributed by atoms with Crippen molar-refractivity contribution >= 4 is 11.6 Å². The molecule has 0 saturated heterocycles. The summed E-state index contributed by atoms with van der Waals surface area (Å²) in [6.45, 7) is 4.53. The van der Waals surface area contributed by atoms with Gasteiger partial charge in [-0.3, -0.25) is 14.2 Å². The zero-order chi connectivity index (χ0) is 14.0. The van der Waals surface area contributed by atoms with Crippen LogP contribution in [-0.4, -0.2) is 30.5 Å². The van der Waals surface area contributed by atoms with E-state index in [1.807, 2.05) is 6.92 Å². The number of nitrogens with two attached hydrogens (primary N) is 1. The molecule has 0 radical (unpaired) electrons. The molecule has 0 atom stereocenters. The fourth-order valence-electron chi connectivity index (χ4n) is 1.77. The Hall–Kier alpha value is -2.38. The van der Waals surface area contributed by atoms with Crippen molar-refractivity contribution in [2.24, 2.45) is 7.05 Å². The smallest absolute Gasteiger partial charge is 0.272 e. The van der Waals surface area contributed by atoms with E-state index in [2.05, 4.69) is 20.5 Å². The summed E-state index contributed by atoms with van der Waals surface area (Å²) in [6.07, 6.45) is 1.58. The van der Waals surface area contributed by atoms with Crippen LogP contribution >= 0.6 is 0 Å². The van der Waals surface area contributed by atoms with Crippen LogP contribution in [0.1, 0.15) is 28.9 Å². The Bertz CT molecular complexity index is 598. The van der Waals surface area contributed by atoms with Crippen LogP contribution in [0.4, 0.5) is 5.69 Å². The second kappa shape index (κ2) is 5.09. The summed E-state index contributed by atoms with van der Waals surface area (Å²) < 4.78 is 3.17. The minimum atomic E-state index is -0.271. The van der Waals surface area contributed by atoms with Crippen LogP contribution in [0.3, 0.4) is 0 Å². The number of carbonyl (C=O) groups excluding carboxylic acids is 1. The molecule has 0 spiro atoms. The first-order chi connectivity index (χ1) is 9.02. The van der Waals surface area contributed by atoms with Gasteiger partial charge < -0.3 is 11.1 Å². The van der Waals surface area contributed by atoms with Gasteiger partial charge in [0.05, 0.1) is 17.9 Å². The lowest BCUT2D eigenvalue weighted by molar-refractivity contribution is 0.0940. The van der Waals surface area contributed by atoms with Gasteiger partial charge in [-0.05, 0) is 13.8 Å². The van der Waals surface area contributed by atoms with Crippen LogP contribution in [0.2, 0.25) is 0 Å². The number of aryl methyl sites for hydroxylation is 3. The summed E-state index contributed by atoms with van der Waals surface area (Å²) in [7, 11) is 1.77. The van der Waals surface area contributed by atoms with E-state index in [-0.39, 0.29) is 12.5 Å². The minimum absolute atomic E-state index is 0.257. The van der Waals surface area contributed by atoms with Gasteiger partial charge >= 0.3 is 0 Å². The van der Waals surface area contributed by atoms with E-state index < -0.39 is 0 Å². The Morgan fingerprint density at radius 3 is 2.79 bits per heavy atom. The first kappa shape index (κ1) is 13.1. The molecule has 0 saturated carbocycles. The van der Waals surface area contributed by atoms with Crippen molar-refractivity contribution in [2.75, 3.05) is 5.73 Å². The second-order valence-electron chi connectivity index (χ2n) is 4.18. The molecule has 2 rings (SSSR count). The molecule has 2 aromatic rings. The maximum absolute atomic E-state index is 12.1. The molecule has 8 nitrogen and oxygen atoms in total. The average Bonchev–Trinajstić information content (AvgIpc) is 2.92. The van der Waals surface area contributed by atoms with Crippen LogP contribution in [0.25, 0.3) is 0 Å². The third-order valence-electron chi connectivity index (χ3n) is 2.74. The fourth-order valence-corrected chi connectivity index (χ4v) is 1.77. The van der Waals surface area contributed by atoms with Crippen molar-refractivity contribution in [3.05, 3.63) is 23.5 Å². The quantitative estimate of drug-likeness (QED) is 0.798. The summed E-state index contributed by atoms with van der Waals surface area (Å²) in [5, 5.41) is 11.0. The van der Waals surface area contributed by atoms with Gasteiger partial charge in [-0.2, -0.15) is 10.2 Å². The molecule has 0 bridgehead atoms. The van der Waals surface area contributed by atoms with Crippen LogP contribution in [0, 0.1) is 6.92 Å². The normalized spacial score (nSPS) is 10.7. The van der Waals surface area contributed by atoms with E-state index in [1.54, 1.807) is 29.7 Å². The van der Waals surface area contributed by atoms with Crippen molar-refractivity contribution in [3.63, 3.8) is 0 Å². The Kier molecular flexibility index (Phi) is 3.50. The molecule has 102 valence electrons. The van der Waals surface area contributed by atoms with Gasteiger partial charge in [-0.1, -0.05) is 0 Å². The monoisotopic (exact) mass is 263 g/mol.